The number of pyridine rings is 1. The van der Waals surface area contributed by atoms with Crippen molar-refractivity contribution in [3.8, 4) is 5.75 Å². The van der Waals surface area contributed by atoms with E-state index in [1.54, 1.807) is 7.11 Å². The molecule has 138 valence electrons. The Labute approximate surface area is 157 Å². The van der Waals surface area contributed by atoms with Crippen LogP contribution in [0.2, 0.25) is 0 Å². The largest absolute Gasteiger partial charge is 0.497 e. The maximum atomic E-state index is 12.6. The van der Waals surface area contributed by atoms with E-state index in [1.165, 1.54) is 34.6 Å². The molecular formula is C20H23NO4S. The average molecular weight is 373 g/mol. The van der Waals surface area contributed by atoms with Crippen molar-refractivity contribution in [2.24, 2.45) is 0 Å². The summed E-state index contributed by atoms with van der Waals surface area (Å²) in [6.45, 7) is 1.89. The average Bonchev–Trinajstić information content (AvgIpc) is 3.38. The summed E-state index contributed by atoms with van der Waals surface area (Å²) in [6.07, 6.45) is 3.35. The van der Waals surface area contributed by atoms with Gasteiger partial charge in [-0.2, -0.15) is 0 Å². The molecule has 1 aliphatic carbocycles. The zero-order chi connectivity index (χ0) is 18.7. The normalized spacial score (nSPS) is 17.8. The highest BCUT2D eigenvalue weighted by atomic mass is 32.2. The van der Waals surface area contributed by atoms with Crippen LogP contribution in [0.4, 0.5) is 0 Å². The number of methoxy groups -OCH3 is 1. The molecular weight excluding hydrogens is 350 g/mol. The third-order valence-corrected chi connectivity index (χ3v) is 6.11. The minimum absolute atomic E-state index is 0.158. The van der Waals surface area contributed by atoms with E-state index in [1.807, 2.05) is 34.5 Å². The summed E-state index contributed by atoms with van der Waals surface area (Å²) < 4.78 is 7.24. The molecule has 1 fully saturated rings. The monoisotopic (exact) mass is 373 g/mol. The zero-order valence-corrected chi connectivity index (χ0v) is 15.8. The molecule has 1 aromatic heterocycles. The Kier molecular flexibility index (Phi) is 5.71. The van der Waals surface area contributed by atoms with Crippen LogP contribution in [0.15, 0.2) is 40.2 Å². The van der Waals surface area contributed by atoms with E-state index in [2.05, 4.69) is 19.1 Å². The number of carbonyl (C=O) groups is 1. The van der Waals surface area contributed by atoms with E-state index in [0.717, 1.165) is 17.9 Å². The number of aromatic nitrogens is 1. The number of hydrogen-bond acceptors (Lipinski definition) is 4. The van der Waals surface area contributed by atoms with Crippen molar-refractivity contribution < 1.29 is 14.6 Å². The summed E-state index contributed by atoms with van der Waals surface area (Å²) >= 11 is 1.86. The molecule has 2 aliphatic rings. The molecule has 1 atom stereocenters. The van der Waals surface area contributed by atoms with Gasteiger partial charge in [0.05, 0.1) is 12.1 Å². The predicted octanol–water partition coefficient (Wildman–Crippen LogP) is 3.69. The molecule has 26 heavy (non-hydrogen) atoms. The van der Waals surface area contributed by atoms with Crippen LogP contribution in [0, 0.1) is 0 Å². The van der Waals surface area contributed by atoms with E-state index >= 15 is 0 Å². The molecule has 1 saturated carbocycles. The predicted molar refractivity (Wildman–Crippen MR) is 103 cm³/mol. The maximum Gasteiger partial charge on any atom is 0.290 e. The molecule has 0 radical (unpaired) electrons. The Bertz CT molecular complexity index is 840. The molecule has 0 bridgehead atoms. The van der Waals surface area contributed by atoms with Gasteiger partial charge in [0.1, 0.15) is 5.75 Å². The summed E-state index contributed by atoms with van der Waals surface area (Å²) in [5, 5.41) is 8.12. The fraction of sp³-hybridized carbons (Fsp3) is 0.400. The van der Waals surface area contributed by atoms with Gasteiger partial charge in [-0.05, 0) is 60.9 Å². The lowest BCUT2D eigenvalue weighted by molar-refractivity contribution is -0.122. The first kappa shape index (κ1) is 18.6. The van der Waals surface area contributed by atoms with Gasteiger partial charge in [0.15, 0.2) is 0 Å². The van der Waals surface area contributed by atoms with E-state index < -0.39 is 0 Å². The fourth-order valence-corrected chi connectivity index (χ4v) is 4.83. The molecule has 1 aliphatic heterocycles. The highest BCUT2D eigenvalue weighted by Gasteiger charge is 2.34. The quantitative estimate of drug-likeness (QED) is 0.828. The van der Waals surface area contributed by atoms with Gasteiger partial charge in [0, 0.05) is 17.9 Å². The van der Waals surface area contributed by atoms with E-state index in [0.29, 0.717) is 12.0 Å². The first-order valence-corrected chi connectivity index (χ1v) is 9.69. The maximum absolute atomic E-state index is 12.6. The number of ether oxygens (including phenoxy) is 1. The van der Waals surface area contributed by atoms with Crippen LogP contribution in [0.25, 0.3) is 0 Å². The molecule has 0 spiro atoms. The Morgan fingerprint density at radius 1 is 1.31 bits per heavy atom. The topological polar surface area (TPSA) is 68.5 Å². The highest BCUT2D eigenvalue weighted by molar-refractivity contribution is 7.99. The van der Waals surface area contributed by atoms with Crippen LogP contribution in [-0.2, 0) is 11.2 Å². The van der Waals surface area contributed by atoms with Gasteiger partial charge >= 0.3 is 0 Å². The van der Waals surface area contributed by atoms with Crippen molar-refractivity contribution in [3.63, 3.8) is 0 Å². The van der Waals surface area contributed by atoms with Crippen LogP contribution in [-0.4, -0.2) is 29.0 Å². The van der Waals surface area contributed by atoms with Gasteiger partial charge in [-0.25, -0.2) is 0 Å². The zero-order valence-electron chi connectivity index (χ0n) is 15.0. The molecule has 1 unspecified atom stereocenters. The summed E-state index contributed by atoms with van der Waals surface area (Å²) in [5.74, 6) is 2.54. The summed E-state index contributed by atoms with van der Waals surface area (Å²) in [5.41, 5.74) is 4.05. The highest BCUT2D eigenvalue weighted by Crippen LogP contribution is 2.48. The SMILES string of the molecule is COc1ccc(Cc2cc(=O)n3c(c2C2CC2)SCC3C)cc1.O=CO. The second-order valence-corrected chi connectivity index (χ2v) is 7.67. The molecule has 6 heteroatoms. The lowest BCUT2D eigenvalue weighted by atomic mass is 9.98. The lowest BCUT2D eigenvalue weighted by Gasteiger charge is -2.16. The number of fused-ring (bicyclic) bond motifs is 1. The van der Waals surface area contributed by atoms with E-state index in [9.17, 15) is 4.79 Å². The standard InChI is InChI=1S/C19H21NO2S.CH2O2/c1-12-11-23-19-18(14-5-6-14)15(10-17(21)20(12)19)9-13-3-7-16(22-2)8-4-13;2-1-3/h3-4,7-8,10,12,14H,5-6,9,11H2,1-2H3;1H,(H,2,3). The minimum atomic E-state index is -0.250. The van der Waals surface area contributed by atoms with Crippen molar-refractivity contribution in [1.29, 1.82) is 0 Å². The molecule has 1 N–H and O–H groups in total. The second-order valence-electron chi connectivity index (χ2n) is 6.66. The summed E-state index contributed by atoms with van der Waals surface area (Å²) in [6, 6.07) is 10.4. The lowest BCUT2D eigenvalue weighted by Crippen LogP contribution is -2.23. The Morgan fingerprint density at radius 2 is 1.96 bits per heavy atom. The number of rotatable bonds is 4. The minimum Gasteiger partial charge on any atom is -0.497 e. The summed E-state index contributed by atoms with van der Waals surface area (Å²) in [4.78, 5) is 20.9. The first-order valence-electron chi connectivity index (χ1n) is 8.71. The van der Waals surface area contributed by atoms with Crippen molar-refractivity contribution >= 4 is 18.2 Å². The number of carboxylic acid groups (broad SMARTS) is 1. The number of nitrogens with zero attached hydrogens (tertiary/aromatic N) is 1. The van der Waals surface area contributed by atoms with Crippen molar-refractivity contribution in [2.75, 3.05) is 12.9 Å². The van der Waals surface area contributed by atoms with Crippen LogP contribution in [0.1, 0.15) is 48.4 Å². The molecule has 2 aromatic rings. The van der Waals surface area contributed by atoms with E-state index in [4.69, 9.17) is 14.6 Å². The Hall–Kier alpha value is -2.21. The van der Waals surface area contributed by atoms with Crippen LogP contribution in [0.3, 0.4) is 0 Å². The molecule has 4 rings (SSSR count). The van der Waals surface area contributed by atoms with Crippen molar-refractivity contribution in [3.05, 3.63) is 57.4 Å². The molecule has 0 amide bonds. The molecule has 2 heterocycles. The first-order chi connectivity index (χ1) is 12.6. The van der Waals surface area contributed by atoms with Crippen LogP contribution in [0.5, 0.6) is 5.75 Å². The van der Waals surface area contributed by atoms with Gasteiger partial charge < -0.3 is 9.84 Å². The molecule has 1 aromatic carbocycles. The molecule has 0 saturated heterocycles. The van der Waals surface area contributed by atoms with Crippen molar-refractivity contribution in [1.82, 2.24) is 4.57 Å². The van der Waals surface area contributed by atoms with Crippen molar-refractivity contribution in [2.45, 2.75) is 43.2 Å². The van der Waals surface area contributed by atoms with Crippen LogP contribution < -0.4 is 10.3 Å². The van der Waals surface area contributed by atoms with E-state index in [-0.39, 0.29) is 12.0 Å². The van der Waals surface area contributed by atoms with Gasteiger partial charge in [-0.3, -0.25) is 14.2 Å². The number of hydrogen-bond donors (Lipinski definition) is 1. The Balaban J connectivity index is 0.000000613. The fourth-order valence-electron chi connectivity index (χ4n) is 3.42. The molecule has 5 nitrogen and oxygen atoms in total. The van der Waals surface area contributed by atoms with Gasteiger partial charge in [0.2, 0.25) is 0 Å². The third kappa shape index (κ3) is 3.80. The van der Waals surface area contributed by atoms with Crippen LogP contribution >= 0.6 is 11.8 Å². The number of thioether (sulfide) groups is 1. The Morgan fingerprint density at radius 3 is 2.54 bits per heavy atom. The number of benzene rings is 1. The third-order valence-electron chi connectivity index (χ3n) is 4.77. The second kappa shape index (κ2) is 7.99. The van der Waals surface area contributed by atoms with Gasteiger partial charge in [0.25, 0.3) is 12.0 Å². The summed E-state index contributed by atoms with van der Waals surface area (Å²) in [7, 11) is 1.68. The smallest absolute Gasteiger partial charge is 0.290 e. The van der Waals surface area contributed by atoms with Gasteiger partial charge in [-0.1, -0.05) is 12.1 Å². The van der Waals surface area contributed by atoms with Gasteiger partial charge in [-0.15, -0.1) is 11.8 Å².